The zero-order chi connectivity index (χ0) is 10.1. The molecule has 0 aliphatic rings. The molecule has 14 heavy (non-hydrogen) atoms. The number of nitrogens with two attached hydrogens (primary N) is 1. The van der Waals surface area contributed by atoms with E-state index < -0.39 is 0 Å². The van der Waals surface area contributed by atoms with E-state index in [-0.39, 0.29) is 5.75 Å². The number of anilines is 1. The van der Waals surface area contributed by atoms with Crippen LogP contribution in [0.15, 0.2) is 30.3 Å². The van der Waals surface area contributed by atoms with E-state index in [9.17, 15) is 5.11 Å². The number of hydrogen-bond acceptors (Lipinski definition) is 3. The molecule has 2 aromatic carbocycles. The van der Waals surface area contributed by atoms with E-state index >= 15 is 0 Å². The van der Waals surface area contributed by atoms with Crippen LogP contribution in [0.25, 0.3) is 10.8 Å². The van der Waals surface area contributed by atoms with Gasteiger partial charge in [0.15, 0.2) is 0 Å². The smallest absolute Gasteiger partial charge is 0.139 e. The molecule has 0 aliphatic carbocycles. The fourth-order valence-electron chi connectivity index (χ4n) is 1.41. The minimum atomic E-state index is 0.103. The van der Waals surface area contributed by atoms with Crippen LogP contribution in [0.3, 0.4) is 0 Å². The van der Waals surface area contributed by atoms with Crippen LogP contribution < -0.4 is 10.5 Å². The first kappa shape index (κ1) is 8.69. The Morgan fingerprint density at radius 1 is 1.14 bits per heavy atom. The van der Waals surface area contributed by atoms with Crippen LogP contribution >= 0.6 is 0 Å². The molecule has 0 radical (unpaired) electrons. The number of methoxy groups -OCH3 is 1. The van der Waals surface area contributed by atoms with Crippen molar-refractivity contribution in [1.82, 2.24) is 0 Å². The first-order valence-corrected chi connectivity index (χ1v) is 4.27. The normalized spacial score (nSPS) is 10.4. The molecule has 72 valence electrons. The van der Waals surface area contributed by atoms with Gasteiger partial charge in [-0.25, -0.2) is 0 Å². The van der Waals surface area contributed by atoms with Crippen molar-refractivity contribution in [3.63, 3.8) is 0 Å². The van der Waals surface area contributed by atoms with Gasteiger partial charge < -0.3 is 15.6 Å². The number of aromatic hydroxyl groups is 1. The lowest BCUT2D eigenvalue weighted by molar-refractivity contribution is 0.415. The fourth-order valence-corrected chi connectivity index (χ4v) is 1.41. The van der Waals surface area contributed by atoms with Crippen molar-refractivity contribution in [2.24, 2.45) is 0 Å². The molecular weight excluding hydrogens is 178 g/mol. The summed E-state index contributed by atoms with van der Waals surface area (Å²) in [4.78, 5) is 0. The summed E-state index contributed by atoms with van der Waals surface area (Å²) < 4.78 is 5.08. The van der Waals surface area contributed by atoms with Crippen molar-refractivity contribution in [2.75, 3.05) is 12.8 Å². The largest absolute Gasteiger partial charge is 0.506 e. The third kappa shape index (κ3) is 1.33. The van der Waals surface area contributed by atoms with Crippen molar-refractivity contribution >= 4 is 16.5 Å². The second-order valence-corrected chi connectivity index (χ2v) is 3.12. The molecule has 0 aromatic heterocycles. The maximum absolute atomic E-state index is 9.42. The molecular formula is C11H11NO2. The zero-order valence-electron chi connectivity index (χ0n) is 7.82. The summed E-state index contributed by atoms with van der Waals surface area (Å²) in [6.07, 6.45) is 0. The monoisotopic (exact) mass is 189 g/mol. The van der Waals surface area contributed by atoms with E-state index in [2.05, 4.69) is 0 Å². The summed E-state index contributed by atoms with van der Waals surface area (Å²) in [5.41, 5.74) is 5.97. The van der Waals surface area contributed by atoms with Crippen LogP contribution in [0.4, 0.5) is 5.69 Å². The zero-order valence-corrected chi connectivity index (χ0v) is 7.82. The summed E-state index contributed by atoms with van der Waals surface area (Å²) in [7, 11) is 1.61. The molecule has 0 unspecified atom stereocenters. The first-order valence-electron chi connectivity index (χ1n) is 4.27. The van der Waals surface area contributed by atoms with E-state index in [0.29, 0.717) is 5.69 Å². The van der Waals surface area contributed by atoms with Crippen LogP contribution in [-0.2, 0) is 0 Å². The SMILES string of the molecule is COc1ccc2cc(N)c(O)cc2c1. The lowest BCUT2D eigenvalue weighted by Crippen LogP contribution is -1.87. The minimum absolute atomic E-state index is 0.103. The van der Waals surface area contributed by atoms with Crippen molar-refractivity contribution in [3.8, 4) is 11.5 Å². The topological polar surface area (TPSA) is 55.5 Å². The van der Waals surface area contributed by atoms with Crippen LogP contribution in [0, 0.1) is 0 Å². The molecule has 2 rings (SSSR count). The maximum atomic E-state index is 9.42. The van der Waals surface area contributed by atoms with Gasteiger partial charge in [0, 0.05) is 0 Å². The van der Waals surface area contributed by atoms with Crippen molar-refractivity contribution in [3.05, 3.63) is 30.3 Å². The van der Waals surface area contributed by atoms with Crippen LogP contribution in [0.5, 0.6) is 11.5 Å². The van der Waals surface area contributed by atoms with Gasteiger partial charge in [-0.05, 0) is 35.0 Å². The van der Waals surface area contributed by atoms with Gasteiger partial charge in [0.2, 0.25) is 0 Å². The number of rotatable bonds is 1. The molecule has 0 spiro atoms. The Hall–Kier alpha value is -1.90. The summed E-state index contributed by atoms with van der Waals surface area (Å²) in [5, 5.41) is 11.3. The van der Waals surface area contributed by atoms with E-state index in [4.69, 9.17) is 10.5 Å². The standard InChI is InChI=1S/C11H11NO2/c1-14-9-3-2-7-5-10(12)11(13)6-8(7)4-9/h2-6,13H,12H2,1H3. The number of phenolic OH excluding ortho intramolecular Hbond substituents is 1. The number of hydrogen-bond donors (Lipinski definition) is 2. The van der Waals surface area contributed by atoms with E-state index in [1.54, 1.807) is 19.2 Å². The molecule has 3 nitrogen and oxygen atoms in total. The Labute approximate surface area is 81.7 Å². The van der Waals surface area contributed by atoms with Crippen molar-refractivity contribution in [2.45, 2.75) is 0 Å². The Bertz CT molecular complexity index is 480. The van der Waals surface area contributed by atoms with E-state index in [0.717, 1.165) is 16.5 Å². The lowest BCUT2D eigenvalue weighted by atomic mass is 10.1. The average Bonchev–Trinajstić information content (AvgIpc) is 2.19. The highest BCUT2D eigenvalue weighted by Gasteiger charge is 2.01. The van der Waals surface area contributed by atoms with Gasteiger partial charge in [-0.2, -0.15) is 0 Å². The van der Waals surface area contributed by atoms with E-state index in [1.807, 2.05) is 18.2 Å². The minimum Gasteiger partial charge on any atom is -0.506 e. The summed E-state index contributed by atoms with van der Waals surface area (Å²) in [5.74, 6) is 0.868. The molecule has 0 amide bonds. The quantitative estimate of drug-likeness (QED) is 0.533. The number of ether oxygens (including phenoxy) is 1. The van der Waals surface area contributed by atoms with Gasteiger partial charge in [-0.3, -0.25) is 0 Å². The molecule has 3 heteroatoms. The second kappa shape index (κ2) is 3.10. The Morgan fingerprint density at radius 2 is 1.93 bits per heavy atom. The van der Waals surface area contributed by atoms with Gasteiger partial charge in [0.25, 0.3) is 0 Å². The van der Waals surface area contributed by atoms with Gasteiger partial charge in [0.1, 0.15) is 11.5 Å². The van der Waals surface area contributed by atoms with Crippen LogP contribution in [0.1, 0.15) is 0 Å². The number of fused-ring (bicyclic) bond motifs is 1. The molecule has 0 heterocycles. The average molecular weight is 189 g/mol. The van der Waals surface area contributed by atoms with Crippen molar-refractivity contribution in [1.29, 1.82) is 0 Å². The molecule has 2 aromatic rings. The molecule has 0 aliphatic heterocycles. The fraction of sp³-hybridized carbons (Fsp3) is 0.0909. The first-order chi connectivity index (χ1) is 6.70. The van der Waals surface area contributed by atoms with Gasteiger partial charge in [-0.15, -0.1) is 0 Å². The second-order valence-electron chi connectivity index (χ2n) is 3.12. The Balaban J connectivity index is 2.70. The Morgan fingerprint density at radius 3 is 2.64 bits per heavy atom. The highest BCUT2D eigenvalue weighted by molar-refractivity contribution is 5.89. The number of nitrogen functional groups attached to an aromatic ring is 1. The summed E-state index contributed by atoms with van der Waals surface area (Å²) in [6, 6.07) is 8.99. The molecule has 0 atom stereocenters. The Kier molecular flexibility index (Phi) is 1.93. The van der Waals surface area contributed by atoms with Crippen LogP contribution in [-0.4, -0.2) is 12.2 Å². The molecule has 3 N–H and O–H groups in total. The molecule has 0 saturated heterocycles. The summed E-state index contributed by atoms with van der Waals surface area (Å²) in [6.45, 7) is 0. The number of benzene rings is 2. The molecule has 0 bridgehead atoms. The predicted octanol–water partition coefficient (Wildman–Crippen LogP) is 2.14. The maximum Gasteiger partial charge on any atom is 0.139 e. The lowest BCUT2D eigenvalue weighted by Gasteiger charge is -2.04. The van der Waals surface area contributed by atoms with Gasteiger partial charge in [-0.1, -0.05) is 6.07 Å². The van der Waals surface area contributed by atoms with Gasteiger partial charge >= 0.3 is 0 Å². The van der Waals surface area contributed by atoms with Crippen molar-refractivity contribution < 1.29 is 9.84 Å². The predicted molar refractivity (Wildman–Crippen MR) is 56.6 cm³/mol. The van der Waals surface area contributed by atoms with E-state index in [1.165, 1.54) is 0 Å². The molecule has 0 fully saturated rings. The third-order valence-electron chi connectivity index (χ3n) is 2.19. The third-order valence-corrected chi connectivity index (χ3v) is 2.19. The van der Waals surface area contributed by atoms with Gasteiger partial charge in [0.05, 0.1) is 12.8 Å². The number of phenols is 1. The highest BCUT2D eigenvalue weighted by atomic mass is 16.5. The summed E-state index contributed by atoms with van der Waals surface area (Å²) >= 11 is 0. The highest BCUT2D eigenvalue weighted by Crippen LogP contribution is 2.29. The van der Waals surface area contributed by atoms with Crippen LogP contribution in [0.2, 0.25) is 0 Å². The molecule has 0 saturated carbocycles.